The Balaban J connectivity index is 1.43. The molecule has 1 aromatic carbocycles. The van der Waals surface area contributed by atoms with Crippen LogP contribution in [0.25, 0.3) is 10.9 Å². The summed E-state index contributed by atoms with van der Waals surface area (Å²) in [5, 5.41) is 0.559. The molecule has 2 atom stereocenters. The number of carbonyl (C=O) groups excluding carboxylic acids is 1. The molecule has 1 amide bonds. The van der Waals surface area contributed by atoms with Gasteiger partial charge in [-0.2, -0.15) is 0 Å². The first-order valence-electron chi connectivity index (χ1n) is 9.07. The minimum absolute atomic E-state index is 0.00714. The third-order valence-electron chi connectivity index (χ3n) is 5.14. The number of aryl methyl sites for hydroxylation is 2. The topological polar surface area (TPSA) is 94.4 Å². The molecule has 0 aliphatic carbocycles. The summed E-state index contributed by atoms with van der Waals surface area (Å²) in [6, 6.07) is 10.9. The number of hydrogen-bond acceptors (Lipinski definition) is 5. The lowest BCUT2D eigenvalue weighted by atomic mass is 10.0. The third kappa shape index (κ3) is 3.38. The molecule has 1 aliphatic heterocycles. The molecule has 2 aromatic heterocycles. The zero-order chi connectivity index (χ0) is 19.0. The molecule has 1 saturated heterocycles. The molecule has 1 fully saturated rings. The zero-order valence-electron chi connectivity index (χ0n) is 15.2. The fraction of sp³-hybridized carbons (Fsp3) is 0.350. The summed E-state index contributed by atoms with van der Waals surface area (Å²) in [4.78, 5) is 31.2. The van der Waals surface area contributed by atoms with E-state index in [1.165, 1.54) is 10.9 Å². The third-order valence-corrected chi connectivity index (χ3v) is 5.14. The Morgan fingerprint density at radius 1 is 1.26 bits per heavy atom. The first-order valence-corrected chi connectivity index (χ1v) is 9.07. The Hall–Kier alpha value is -2.93. The Morgan fingerprint density at radius 2 is 2.07 bits per heavy atom. The van der Waals surface area contributed by atoms with E-state index >= 15 is 0 Å². The van der Waals surface area contributed by atoms with Crippen LogP contribution in [0.5, 0.6) is 0 Å². The van der Waals surface area contributed by atoms with Crippen LogP contribution in [-0.2, 0) is 11.3 Å². The van der Waals surface area contributed by atoms with Gasteiger partial charge in [0.05, 0.1) is 23.1 Å². The van der Waals surface area contributed by atoms with E-state index in [4.69, 9.17) is 10.2 Å². The molecule has 2 N–H and O–H groups in total. The first-order chi connectivity index (χ1) is 13.0. The molecule has 0 spiro atoms. The fourth-order valence-electron chi connectivity index (χ4n) is 3.63. The van der Waals surface area contributed by atoms with Gasteiger partial charge in [-0.3, -0.25) is 14.2 Å². The van der Waals surface area contributed by atoms with E-state index in [-0.39, 0.29) is 29.8 Å². The number of para-hydroxylation sites is 1. The van der Waals surface area contributed by atoms with Crippen LogP contribution >= 0.6 is 0 Å². The van der Waals surface area contributed by atoms with Gasteiger partial charge in [0.15, 0.2) is 0 Å². The summed E-state index contributed by atoms with van der Waals surface area (Å²) in [6.45, 7) is 3.22. The lowest BCUT2D eigenvalue weighted by Crippen LogP contribution is -2.33. The van der Waals surface area contributed by atoms with Crippen molar-refractivity contribution in [2.45, 2.75) is 31.8 Å². The highest BCUT2D eigenvalue weighted by Gasteiger charge is 2.35. The fourth-order valence-corrected chi connectivity index (χ4v) is 3.63. The number of benzene rings is 1. The summed E-state index contributed by atoms with van der Waals surface area (Å²) in [6.07, 6.45) is 1.73. The number of furan rings is 1. The summed E-state index contributed by atoms with van der Waals surface area (Å²) in [5.74, 6) is 1.65. The number of carbonyl (C=O) groups is 1. The smallest absolute Gasteiger partial charge is 0.261 e. The largest absolute Gasteiger partial charge is 0.466 e. The minimum atomic E-state index is -0.149. The van der Waals surface area contributed by atoms with E-state index in [1.54, 1.807) is 17.0 Å². The predicted molar refractivity (Wildman–Crippen MR) is 101 cm³/mol. The lowest BCUT2D eigenvalue weighted by molar-refractivity contribution is -0.130. The van der Waals surface area contributed by atoms with Crippen molar-refractivity contribution in [3.8, 4) is 0 Å². The van der Waals surface area contributed by atoms with Crippen molar-refractivity contribution in [3.63, 3.8) is 0 Å². The van der Waals surface area contributed by atoms with Crippen molar-refractivity contribution in [3.05, 3.63) is 64.6 Å². The molecule has 3 heterocycles. The normalized spacial score (nSPS) is 19.7. The van der Waals surface area contributed by atoms with Crippen molar-refractivity contribution in [2.75, 3.05) is 13.1 Å². The van der Waals surface area contributed by atoms with Crippen LogP contribution in [0.3, 0.4) is 0 Å². The molecule has 0 saturated carbocycles. The average Bonchev–Trinajstić information content (AvgIpc) is 3.26. The molecule has 7 heteroatoms. The quantitative estimate of drug-likeness (QED) is 0.757. The Morgan fingerprint density at radius 3 is 2.85 bits per heavy atom. The monoisotopic (exact) mass is 366 g/mol. The Labute approximate surface area is 156 Å². The maximum absolute atomic E-state index is 12.6. The van der Waals surface area contributed by atoms with Crippen molar-refractivity contribution in [1.29, 1.82) is 0 Å². The molecule has 7 nitrogen and oxygen atoms in total. The van der Waals surface area contributed by atoms with E-state index in [0.717, 1.165) is 11.5 Å². The number of nitrogens with two attached hydrogens (primary N) is 1. The average molecular weight is 366 g/mol. The van der Waals surface area contributed by atoms with Gasteiger partial charge in [0.25, 0.3) is 5.56 Å². The van der Waals surface area contributed by atoms with Gasteiger partial charge in [0.2, 0.25) is 5.91 Å². The van der Waals surface area contributed by atoms with Gasteiger partial charge in [-0.25, -0.2) is 4.98 Å². The standard InChI is InChI=1S/C20H22N4O3/c1-13-6-7-18(27-13)15-10-24(11-16(15)21)19(25)8-9-23-12-22-17-5-3-2-4-14(17)20(23)26/h2-7,12,15-16H,8-11,21H2,1H3. The number of hydrogen-bond donors (Lipinski definition) is 1. The van der Waals surface area contributed by atoms with Crippen LogP contribution in [0.2, 0.25) is 0 Å². The van der Waals surface area contributed by atoms with Gasteiger partial charge in [0.1, 0.15) is 11.5 Å². The molecule has 0 radical (unpaired) electrons. The van der Waals surface area contributed by atoms with Gasteiger partial charge in [0, 0.05) is 32.1 Å². The van der Waals surface area contributed by atoms with Crippen molar-refractivity contribution in [1.82, 2.24) is 14.5 Å². The second-order valence-corrected chi connectivity index (χ2v) is 7.03. The molecule has 2 unspecified atom stereocenters. The molecular weight excluding hydrogens is 344 g/mol. The SMILES string of the molecule is Cc1ccc(C2CN(C(=O)CCn3cnc4ccccc4c3=O)CC2N)o1. The van der Waals surface area contributed by atoms with Crippen LogP contribution in [0.1, 0.15) is 23.9 Å². The van der Waals surface area contributed by atoms with E-state index in [0.29, 0.717) is 30.5 Å². The number of amides is 1. The van der Waals surface area contributed by atoms with Crippen LogP contribution < -0.4 is 11.3 Å². The molecular formula is C20H22N4O3. The van der Waals surface area contributed by atoms with E-state index in [1.807, 2.05) is 31.2 Å². The Kier molecular flexibility index (Phi) is 4.53. The number of rotatable bonds is 4. The number of likely N-dealkylation sites (tertiary alicyclic amines) is 1. The van der Waals surface area contributed by atoms with Crippen LogP contribution in [0.15, 0.2) is 51.9 Å². The summed E-state index contributed by atoms with van der Waals surface area (Å²) < 4.78 is 7.17. The summed E-state index contributed by atoms with van der Waals surface area (Å²) in [7, 11) is 0. The highest BCUT2D eigenvalue weighted by molar-refractivity contribution is 5.78. The second-order valence-electron chi connectivity index (χ2n) is 7.03. The van der Waals surface area contributed by atoms with Crippen molar-refractivity contribution >= 4 is 16.8 Å². The predicted octanol–water partition coefficient (Wildman–Crippen LogP) is 1.64. The maximum Gasteiger partial charge on any atom is 0.261 e. The highest BCUT2D eigenvalue weighted by atomic mass is 16.3. The number of nitrogens with zero attached hydrogens (tertiary/aromatic N) is 3. The van der Waals surface area contributed by atoms with Gasteiger partial charge >= 0.3 is 0 Å². The van der Waals surface area contributed by atoms with Crippen molar-refractivity contribution in [2.24, 2.45) is 5.73 Å². The van der Waals surface area contributed by atoms with Crippen LogP contribution in [0.4, 0.5) is 0 Å². The minimum Gasteiger partial charge on any atom is -0.466 e. The summed E-state index contributed by atoms with van der Waals surface area (Å²) in [5.41, 5.74) is 6.75. The highest BCUT2D eigenvalue weighted by Crippen LogP contribution is 2.28. The van der Waals surface area contributed by atoms with Gasteiger partial charge in [-0.05, 0) is 31.2 Å². The van der Waals surface area contributed by atoms with Crippen LogP contribution in [0, 0.1) is 6.92 Å². The summed E-state index contributed by atoms with van der Waals surface area (Å²) >= 11 is 0. The van der Waals surface area contributed by atoms with E-state index < -0.39 is 0 Å². The number of aromatic nitrogens is 2. The van der Waals surface area contributed by atoms with Gasteiger partial charge < -0.3 is 15.1 Å². The Bertz CT molecular complexity index is 1040. The van der Waals surface area contributed by atoms with Gasteiger partial charge in [-0.15, -0.1) is 0 Å². The van der Waals surface area contributed by atoms with Crippen molar-refractivity contribution < 1.29 is 9.21 Å². The molecule has 4 rings (SSSR count). The number of fused-ring (bicyclic) bond motifs is 1. The molecule has 0 bridgehead atoms. The maximum atomic E-state index is 12.6. The molecule has 1 aliphatic rings. The first kappa shape index (κ1) is 17.5. The molecule has 27 heavy (non-hydrogen) atoms. The van der Waals surface area contributed by atoms with Gasteiger partial charge in [-0.1, -0.05) is 12.1 Å². The van der Waals surface area contributed by atoms with Crippen LogP contribution in [-0.4, -0.2) is 39.5 Å². The van der Waals surface area contributed by atoms with E-state index in [2.05, 4.69) is 4.98 Å². The van der Waals surface area contributed by atoms with E-state index in [9.17, 15) is 9.59 Å². The zero-order valence-corrected chi connectivity index (χ0v) is 15.2. The molecule has 140 valence electrons. The lowest BCUT2D eigenvalue weighted by Gasteiger charge is -2.16. The second kappa shape index (κ2) is 7.00. The molecule has 3 aromatic rings.